The van der Waals surface area contributed by atoms with Crippen LogP contribution in [0.3, 0.4) is 0 Å². The fourth-order valence-electron chi connectivity index (χ4n) is 3.10. The number of hydrogen-bond donors (Lipinski definition) is 2. The molecule has 1 aromatic carbocycles. The maximum Gasteiger partial charge on any atom is 0.273 e. The molecule has 3 heterocycles. The van der Waals surface area contributed by atoms with Gasteiger partial charge in [0.2, 0.25) is 0 Å². The van der Waals surface area contributed by atoms with Gasteiger partial charge in [0, 0.05) is 24.7 Å². The van der Waals surface area contributed by atoms with Gasteiger partial charge in [0.25, 0.3) is 11.8 Å². The molecule has 0 spiro atoms. The van der Waals surface area contributed by atoms with Crippen molar-refractivity contribution in [2.45, 2.75) is 13.3 Å². The van der Waals surface area contributed by atoms with Gasteiger partial charge in [-0.25, -0.2) is 4.68 Å². The molecule has 2 amide bonds. The molecule has 0 atom stereocenters. The Morgan fingerprint density at radius 2 is 1.83 bits per heavy atom. The van der Waals surface area contributed by atoms with E-state index in [1.807, 2.05) is 41.8 Å². The third kappa shape index (κ3) is 4.06. The van der Waals surface area contributed by atoms with Crippen LogP contribution in [0, 0.1) is 6.92 Å². The molecule has 0 saturated heterocycles. The number of fused-ring (bicyclic) bond motifs is 1. The molecule has 4 rings (SSSR count). The molecule has 3 aromatic heterocycles. The second-order valence-electron chi connectivity index (χ2n) is 6.63. The molecule has 0 fully saturated rings. The van der Waals surface area contributed by atoms with Crippen LogP contribution in [0.15, 0.2) is 54.0 Å². The Bertz CT molecular complexity index is 1180. The van der Waals surface area contributed by atoms with Crippen LogP contribution in [0.5, 0.6) is 0 Å². The minimum Gasteiger partial charge on any atom is -0.351 e. The van der Waals surface area contributed by atoms with E-state index in [1.54, 1.807) is 23.9 Å². The molecule has 152 valence electrons. The number of carbonyl (C=O) groups is 2. The first-order valence-electron chi connectivity index (χ1n) is 9.51. The molecule has 9 heteroatoms. The Labute approximate surface area is 176 Å². The first-order chi connectivity index (χ1) is 14.6. The molecule has 2 N–H and O–H groups in total. The van der Waals surface area contributed by atoms with Crippen molar-refractivity contribution in [2.24, 2.45) is 0 Å². The van der Waals surface area contributed by atoms with Crippen molar-refractivity contribution in [2.75, 3.05) is 13.1 Å². The van der Waals surface area contributed by atoms with E-state index in [4.69, 9.17) is 0 Å². The minimum atomic E-state index is -0.295. The maximum atomic E-state index is 12.5. The molecular formula is C21H20N6O2S. The van der Waals surface area contributed by atoms with Crippen LogP contribution in [-0.4, -0.2) is 44.9 Å². The lowest BCUT2D eigenvalue weighted by Gasteiger charge is -2.07. The van der Waals surface area contributed by atoms with E-state index < -0.39 is 0 Å². The van der Waals surface area contributed by atoms with E-state index in [0.717, 1.165) is 16.6 Å². The predicted molar refractivity (Wildman–Crippen MR) is 115 cm³/mol. The van der Waals surface area contributed by atoms with Gasteiger partial charge in [-0.05, 0) is 36.9 Å². The van der Waals surface area contributed by atoms with Gasteiger partial charge >= 0.3 is 0 Å². The van der Waals surface area contributed by atoms with Gasteiger partial charge in [-0.2, -0.15) is 0 Å². The summed E-state index contributed by atoms with van der Waals surface area (Å²) >= 11 is 1.40. The molecule has 0 aliphatic carbocycles. The molecule has 0 unspecified atom stereocenters. The normalized spacial score (nSPS) is 10.8. The topological polar surface area (TPSA) is 102 Å². The zero-order chi connectivity index (χ0) is 20.9. The zero-order valence-electron chi connectivity index (χ0n) is 16.3. The summed E-state index contributed by atoms with van der Waals surface area (Å²) in [7, 11) is 0. The molecule has 0 radical (unpaired) electrons. The summed E-state index contributed by atoms with van der Waals surface area (Å²) in [6, 6.07) is 13.3. The van der Waals surface area contributed by atoms with Crippen molar-refractivity contribution in [3.05, 3.63) is 70.3 Å². The van der Waals surface area contributed by atoms with Gasteiger partial charge in [-0.1, -0.05) is 29.5 Å². The molecule has 8 nitrogen and oxygen atoms in total. The number of hydrogen-bond acceptors (Lipinski definition) is 6. The van der Waals surface area contributed by atoms with Gasteiger partial charge in [0.05, 0.1) is 21.8 Å². The average Bonchev–Trinajstić information content (AvgIpc) is 3.43. The smallest absolute Gasteiger partial charge is 0.273 e. The number of nitrogens with zero attached hydrogens (tertiary/aromatic N) is 4. The highest BCUT2D eigenvalue weighted by atomic mass is 32.1. The van der Waals surface area contributed by atoms with E-state index in [9.17, 15) is 9.59 Å². The second-order valence-corrected chi connectivity index (χ2v) is 7.58. The van der Waals surface area contributed by atoms with E-state index in [1.165, 1.54) is 11.3 Å². The summed E-state index contributed by atoms with van der Waals surface area (Å²) < 4.78 is 1.63. The quantitative estimate of drug-likeness (QED) is 0.448. The largest absolute Gasteiger partial charge is 0.351 e. The number of thiophene rings is 1. The third-order valence-corrected chi connectivity index (χ3v) is 5.49. The lowest BCUT2D eigenvalue weighted by Crippen LogP contribution is -2.30. The summed E-state index contributed by atoms with van der Waals surface area (Å²) in [5.41, 5.74) is 2.47. The minimum absolute atomic E-state index is 0.0983. The third-order valence-electron chi connectivity index (χ3n) is 4.62. The lowest BCUT2D eigenvalue weighted by atomic mass is 10.2. The van der Waals surface area contributed by atoms with Gasteiger partial charge in [0.15, 0.2) is 5.69 Å². The van der Waals surface area contributed by atoms with Crippen LogP contribution < -0.4 is 10.6 Å². The highest BCUT2D eigenvalue weighted by Gasteiger charge is 2.18. The molecule has 0 bridgehead atoms. The highest BCUT2D eigenvalue weighted by molar-refractivity contribution is 7.12. The summed E-state index contributed by atoms with van der Waals surface area (Å²) in [6.45, 7) is 2.70. The van der Waals surface area contributed by atoms with Crippen molar-refractivity contribution >= 4 is 34.1 Å². The summed E-state index contributed by atoms with van der Waals surface area (Å²) in [6.07, 6.45) is 2.34. The standard InChI is InChI=1S/C21H20N6O2S/c1-14-18(21(29)24-12-5-11-23-20(28)17-9-4-13-30-17)25-26-27(14)16-8-2-6-15-7-3-10-22-19(15)16/h2-4,6-10,13H,5,11-12H2,1H3,(H,23,28)(H,24,29). The Morgan fingerprint density at radius 3 is 2.63 bits per heavy atom. The number of carbonyl (C=O) groups excluding carboxylic acids is 2. The molecule has 0 aliphatic rings. The van der Waals surface area contributed by atoms with Crippen molar-refractivity contribution in [3.8, 4) is 5.69 Å². The lowest BCUT2D eigenvalue weighted by molar-refractivity contribution is 0.0947. The van der Waals surface area contributed by atoms with Crippen LogP contribution in [0.1, 0.15) is 32.3 Å². The zero-order valence-corrected chi connectivity index (χ0v) is 17.1. The predicted octanol–water partition coefficient (Wildman–Crippen LogP) is 2.74. The Balaban J connectivity index is 1.36. The fraction of sp³-hybridized carbons (Fsp3) is 0.190. The Morgan fingerprint density at radius 1 is 1.03 bits per heavy atom. The van der Waals surface area contributed by atoms with E-state index in [0.29, 0.717) is 30.1 Å². The van der Waals surface area contributed by atoms with E-state index in [-0.39, 0.29) is 17.5 Å². The van der Waals surface area contributed by atoms with Crippen molar-refractivity contribution in [3.63, 3.8) is 0 Å². The summed E-state index contributed by atoms with van der Waals surface area (Å²) in [5, 5.41) is 16.7. The first kappa shape index (κ1) is 19.7. The van der Waals surface area contributed by atoms with Crippen molar-refractivity contribution < 1.29 is 9.59 Å². The molecule has 4 aromatic rings. The van der Waals surface area contributed by atoms with Gasteiger partial charge in [0.1, 0.15) is 0 Å². The van der Waals surface area contributed by atoms with Gasteiger partial charge in [-0.3, -0.25) is 14.6 Å². The number of aromatic nitrogens is 4. The number of pyridine rings is 1. The molecule has 0 saturated carbocycles. The summed E-state index contributed by atoms with van der Waals surface area (Å²) in [5.74, 6) is -0.393. The number of nitrogens with one attached hydrogen (secondary N) is 2. The second kappa shape index (κ2) is 8.83. The Hall–Kier alpha value is -3.59. The summed E-state index contributed by atoms with van der Waals surface area (Å²) in [4.78, 5) is 29.5. The fourth-order valence-corrected chi connectivity index (χ4v) is 3.74. The van der Waals surface area contributed by atoms with Crippen LogP contribution >= 0.6 is 11.3 Å². The highest BCUT2D eigenvalue weighted by Crippen LogP contribution is 2.21. The molecule has 30 heavy (non-hydrogen) atoms. The Kier molecular flexibility index (Phi) is 5.80. The van der Waals surface area contributed by atoms with Gasteiger partial charge in [-0.15, -0.1) is 16.4 Å². The van der Waals surface area contributed by atoms with Crippen LogP contribution in [0.4, 0.5) is 0 Å². The number of amides is 2. The van der Waals surface area contributed by atoms with Crippen molar-refractivity contribution in [1.82, 2.24) is 30.6 Å². The molecular weight excluding hydrogens is 400 g/mol. The number of para-hydroxylation sites is 1. The SMILES string of the molecule is Cc1c(C(=O)NCCCNC(=O)c2cccs2)nnn1-c1cccc2cccnc12. The molecule has 0 aliphatic heterocycles. The van der Waals surface area contributed by atoms with Crippen LogP contribution in [-0.2, 0) is 0 Å². The van der Waals surface area contributed by atoms with Gasteiger partial charge < -0.3 is 10.6 Å². The van der Waals surface area contributed by atoms with E-state index >= 15 is 0 Å². The maximum absolute atomic E-state index is 12.5. The monoisotopic (exact) mass is 420 g/mol. The van der Waals surface area contributed by atoms with Crippen molar-refractivity contribution in [1.29, 1.82) is 0 Å². The van der Waals surface area contributed by atoms with E-state index in [2.05, 4.69) is 25.9 Å². The average molecular weight is 420 g/mol. The van der Waals surface area contributed by atoms with Crippen LogP contribution in [0.2, 0.25) is 0 Å². The number of rotatable bonds is 7. The number of benzene rings is 1. The van der Waals surface area contributed by atoms with Crippen LogP contribution in [0.25, 0.3) is 16.6 Å². The first-order valence-corrected chi connectivity index (χ1v) is 10.4.